The van der Waals surface area contributed by atoms with Crippen molar-refractivity contribution < 1.29 is 13.2 Å². The largest absolute Gasteiger partial charge is 0.355 e. The molecular formula is C20H26N2O3S. The van der Waals surface area contributed by atoms with Gasteiger partial charge in [-0.1, -0.05) is 60.2 Å². The maximum absolute atomic E-state index is 12.2. The van der Waals surface area contributed by atoms with E-state index in [2.05, 4.69) is 17.4 Å². The molecule has 0 saturated heterocycles. The lowest BCUT2D eigenvalue weighted by molar-refractivity contribution is -0.121. The summed E-state index contributed by atoms with van der Waals surface area (Å²) >= 11 is 0. The van der Waals surface area contributed by atoms with Crippen molar-refractivity contribution >= 4 is 15.9 Å². The van der Waals surface area contributed by atoms with Crippen LogP contribution in [0.3, 0.4) is 0 Å². The molecule has 0 radical (unpaired) electrons. The van der Waals surface area contributed by atoms with Crippen LogP contribution in [-0.2, 0) is 27.8 Å². The highest BCUT2D eigenvalue weighted by Gasteiger charge is 2.20. The van der Waals surface area contributed by atoms with Gasteiger partial charge in [-0.3, -0.25) is 4.79 Å². The molecule has 2 aromatic carbocycles. The van der Waals surface area contributed by atoms with Gasteiger partial charge in [0.1, 0.15) is 0 Å². The van der Waals surface area contributed by atoms with Crippen molar-refractivity contribution in [3.63, 3.8) is 0 Å². The molecule has 0 atom stereocenters. The van der Waals surface area contributed by atoms with Crippen LogP contribution in [0, 0.1) is 6.92 Å². The van der Waals surface area contributed by atoms with Crippen LogP contribution in [0.5, 0.6) is 0 Å². The quantitative estimate of drug-likeness (QED) is 0.686. The van der Waals surface area contributed by atoms with Crippen molar-refractivity contribution in [2.24, 2.45) is 0 Å². The standard InChI is InChI=1S/C20H26N2O3S/c1-17-8-6-11-19(14-17)15-22(26(2,24)25)16-20(23)21-13-7-12-18-9-4-3-5-10-18/h3-6,8-11,14H,7,12-13,15-16H2,1-2H3,(H,21,23). The van der Waals surface area contributed by atoms with E-state index in [9.17, 15) is 13.2 Å². The predicted molar refractivity (Wildman–Crippen MR) is 104 cm³/mol. The fourth-order valence-corrected chi connectivity index (χ4v) is 3.42. The third kappa shape index (κ3) is 6.98. The molecule has 1 amide bonds. The van der Waals surface area contributed by atoms with Crippen molar-refractivity contribution in [1.82, 2.24) is 9.62 Å². The molecule has 2 rings (SSSR count). The zero-order valence-corrected chi connectivity index (χ0v) is 16.1. The highest BCUT2D eigenvalue weighted by atomic mass is 32.2. The summed E-state index contributed by atoms with van der Waals surface area (Å²) in [5, 5.41) is 2.81. The Hall–Kier alpha value is -2.18. The van der Waals surface area contributed by atoms with Gasteiger partial charge in [-0.2, -0.15) is 4.31 Å². The molecule has 26 heavy (non-hydrogen) atoms. The van der Waals surface area contributed by atoms with E-state index in [0.29, 0.717) is 6.54 Å². The van der Waals surface area contributed by atoms with Crippen molar-refractivity contribution in [2.75, 3.05) is 19.3 Å². The molecule has 0 aliphatic carbocycles. The summed E-state index contributed by atoms with van der Waals surface area (Å²) in [6.07, 6.45) is 2.82. The number of carbonyl (C=O) groups excluding carboxylic acids is 1. The van der Waals surface area contributed by atoms with E-state index in [4.69, 9.17) is 0 Å². The number of hydrogen-bond donors (Lipinski definition) is 1. The van der Waals surface area contributed by atoms with Crippen molar-refractivity contribution in [3.8, 4) is 0 Å². The minimum Gasteiger partial charge on any atom is -0.355 e. The van der Waals surface area contributed by atoms with E-state index in [1.165, 1.54) is 9.87 Å². The molecule has 0 fully saturated rings. The number of nitrogens with zero attached hydrogens (tertiary/aromatic N) is 1. The molecule has 0 saturated carbocycles. The van der Waals surface area contributed by atoms with Crippen LogP contribution in [-0.4, -0.2) is 38.0 Å². The number of rotatable bonds is 9. The average Bonchev–Trinajstić information content (AvgIpc) is 2.58. The third-order valence-corrected chi connectivity index (χ3v) is 5.23. The fourth-order valence-electron chi connectivity index (χ4n) is 2.69. The topological polar surface area (TPSA) is 66.5 Å². The van der Waals surface area contributed by atoms with Gasteiger partial charge in [-0.15, -0.1) is 0 Å². The Morgan fingerprint density at radius 2 is 1.73 bits per heavy atom. The second-order valence-electron chi connectivity index (χ2n) is 6.46. The number of carbonyl (C=O) groups is 1. The molecule has 140 valence electrons. The Labute approximate surface area is 156 Å². The minimum atomic E-state index is -3.47. The van der Waals surface area contributed by atoms with Gasteiger partial charge >= 0.3 is 0 Å². The van der Waals surface area contributed by atoms with Gasteiger partial charge in [0.25, 0.3) is 0 Å². The smallest absolute Gasteiger partial charge is 0.235 e. The molecule has 0 aliphatic heterocycles. The maximum Gasteiger partial charge on any atom is 0.235 e. The predicted octanol–water partition coefficient (Wildman–Crippen LogP) is 2.51. The van der Waals surface area contributed by atoms with Crippen LogP contribution in [0.25, 0.3) is 0 Å². The van der Waals surface area contributed by atoms with Crippen molar-refractivity contribution in [2.45, 2.75) is 26.3 Å². The monoisotopic (exact) mass is 374 g/mol. The summed E-state index contributed by atoms with van der Waals surface area (Å²) in [6, 6.07) is 17.7. The minimum absolute atomic E-state index is 0.169. The summed E-state index contributed by atoms with van der Waals surface area (Å²) in [5.41, 5.74) is 3.15. The second kappa shape index (κ2) is 9.50. The van der Waals surface area contributed by atoms with E-state index in [1.807, 2.05) is 49.4 Å². The number of nitrogens with one attached hydrogen (secondary N) is 1. The molecular weight excluding hydrogens is 348 g/mol. The van der Waals surface area contributed by atoms with Crippen LogP contribution >= 0.6 is 0 Å². The normalized spacial score (nSPS) is 11.5. The molecule has 0 bridgehead atoms. The Bertz CT molecular complexity index is 820. The van der Waals surface area contributed by atoms with Gasteiger partial charge in [0.05, 0.1) is 12.8 Å². The molecule has 5 nitrogen and oxygen atoms in total. The molecule has 0 aromatic heterocycles. The highest BCUT2D eigenvalue weighted by molar-refractivity contribution is 7.88. The lowest BCUT2D eigenvalue weighted by Crippen LogP contribution is -2.40. The first-order valence-corrected chi connectivity index (χ1v) is 10.5. The highest BCUT2D eigenvalue weighted by Crippen LogP contribution is 2.10. The van der Waals surface area contributed by atoms with E-state index in [-0.39, 0.29) is 19.0 Å². The Kier molecular flexibility index (Phi) is 7.36. The average molecular weight is 375 g/mol. The lowest BCUT2D eigenvalue weighted by Gasteiger charge is -2.20. The SMILES string of the molecule is Cc1cccc(CN(CC(=O)NCCCc2ccccc2)S(C)(=O)=O)c1. The van der Waals surface area contributed by atoms with Gasteiger partial charge < -0.3 is 5.32 Å². The number of aryl methyl sites for hydroxylation is 2. The Morgan fingerprint density at radius 1 is 1.04 bits per heavy atom. The molecule has 0 unspecified atom stereocenters. The lowest BCUT2D eigenvalue weighted by atomic mass is 10.1. The number of hydrogen-bond acceptors (Lipinski definition) is 3. The molecule has 1 N–H and O–H groups in total. The maximum atomic E-state index is 12.2. The Morgan fingerprint density at radius 3 is 2.38 bits per heavy atom. The van der Waals surface area contributed by atoms with E-state index in [0.717, 1.165) is 30.2 Å². The zero-order chi connectivity index (χ0) is 19.0. The van der Waals surface area contributed by atoms with Crippen molar-refractivity contribution in [1.29, 1.82) is 0 Å². The van der Waals surface area contributed by atoms with Gasteiger partial charge in [-0.05, 0) is 30.9 Å². The number of amides is 1. The van der Waals surface area contributed by atoms with Gasteiger partial charge in [0.15, 0.2) is 0 Å². The van der Waals surface area contributed by atoms with Crippen LogP contribution in [0.1, 0.15) is 23.1 Å². The van der Waals surface area contributed by atoms with Crippen LogP contribution in [0.2, 0.25) is 0 Å². The molecule has 2 aromatic rings. The van der Waals surface area contributed by atoms with E-state index < -0.39 is 10.0 Å². The van der Waals surface area contributed by atoms with Gasteiger partial charge in [-0.25, -0.2) is 8.42 Å². The van der Waals surface area contributed by atoms with E-state index in [1.54, 1.807) is 0 Å². The fraction of sp³-hybridized carbons (Fsp3) is 0.350. The number of benzene rings is 2. The third-order valence-electron chi connectivity index (χ3n) is 4.04. The molecule has 0 heterocycles. The molecule has 0 spiro atoms. The second-order valence-corrected chi connectivity index (χ2v) is 8.44. The summed E-state index contributed by atoms with van der Waals surface area (Å²) in [6.45, 7) is 2.50. The first-order chi connectivity index (χ1) is 12.3. The molecule has 6 heteroatoms. The van der Waals surface area contributed by atoms with Crippen LogP contribution in [0.4, 0.5) is 0 Å². The van der Waals surface area contributed by atoms with Gasteiger partial charge in [0.2, 0.25) is 15.9 Å². The van der Waals surface area contributed by atoms with Gasteiger partial charge in [0, 0.05) is 13.1 Å². The van der Waals surface area contributed by atoms with E-state index >= 15 is 0 Å². The summed E-state index contributed by atoms with van der Waals surface area (Å²) in [4.78, 5) is 12.2. The van der Waals surface area contributed by atoms with Crippen LogP contribution in [0.15, 0.2) is 54.6 Å². The molecule has 0 aliphatic rings. The summed E-state index contributed by atoms with van der Waals surface area (Å²) in [7, 11) is -3.47. The first-order valence-electron chi connectivity index (χ1n) is 8.66. The number of sulfonamides is 1. The first kappa shape index (κ1) is 20.1. The summed E-state index contributed by atoms with van der Waals surface area (Å²) < 4.78 is 25.2. The Balaban J connectivity index is 1.84. The van der Waals surface area contributed by atoms with Crippen molar-refractivity contribution in [3.05, 3.63) is 71.3 Å². The zero-order valence-electron chi connectivity index (χ0n) is 15.3. The summed E-state index contributed by atoms with van der Waals surface area (Å²) in [5.74, 6) is -0.281. The van der Waals surface area contributed by atoms with Crippen LogP contribution < -0.4 is 5.32 Å².